The van der Waals surface area contributed by atoms with Gasteiger partial charge < -0.3 is 14.4 Å². The van der Waals surface area contributed by atoms with Gasteiger partial charge in [-0.05, 0) is 42.8 Å². The fraction of sp³-hybridized carbons (Fsp3) is 0.333. The van der Waals surface area contributed by atoms with Crippen LogP contribution in [0.3, 0.4) is 0 Å². The summed E-state index contributed by atoms with van der Waals surface area (Å²) in [5.41, 5.74) is 1.63. The molecule has 29 heavy (non-hydrogen) atoms. The molecule has 0 N–H and O–H groups in total. The number of aryl methyl sites for hydroxylation is 1. The summed E-state index contributed by atoms with van der Waals surface area (Å²) < 4.78 is 11.8. The number of likely N-dealkylation sites (tertiary alicyclic amines) is 1. The number of benzene rings is 2. The van der Waals surface area contributed by atoms with E-state index in [1.807, 2.05) is 67.3 Å². The molecule has 0 spiro atoms. The molecule has 1 amide bonds. The lowest BCUT2D eigenvalue weighted by Crippen LogP contribution is -2.42. The van der Waals surface area contributed by atoms with E-state index in [1.54, 1.807) is 6.20 Å². The van der Waals surface area contributed by atoms with E-state index in [0.29, 0.717) is 31.0 Å². The van der Waals surface area contributed by atoms with Crippen molar-refractivity contribution in [3.8, 4) is 11.5 Å². The molecule has 3 aromatic rings. The molecule has 2 aromatic carbocycles. The van der Waals surface area contributed by atoms with Crippen molar-refractivity contribution in [3.05, 3.63) is 66.0 Å². The topological polar surface area (TPSA) is 51.7 Å². The second-order valence-corrected chi connectivity index (χ2v) is 7.34. The van der Waals surface area contributed by atoms with Gasteiger partial charge >= 0.3 is 0 Å². The molecule has 0 radical (unpaired) electrons. The van der Waals surface area contributed by atoms with Crippen LogP contribution in [0.1, 0.15) is 35.8 Å². The molecule has 0 saturated carbocycles. The minimum atomic E-state index is 0.0284. The summed E-state index contributed by atoms with van der Waals surface area (Å²) in [5, 5.41) is 1.98. The van der Waals surface area contributed by atoms with Gasteiger partial charge in [0.05, 0.1) is 18.4 Å². The Kier molecular flexibility index (Phi) is 5.65. The summed E-state index contributed by atoms with van der Waals surface area (Å²) >= 11 is 0. The number of hydrogen-bond acceptors (Lipinski definition) is 4. The van der Waals surface area contributed by atoms with Crippen molar-refractivity contribution in [2.45, 2.75) is 32.8 Å². The molecule has 1 aromatic heterocycles. The summed E-state index contributed by atoms with van der Waals surface area (Å²) in [5.74, 6) is 1.47. The summed E-state index contributed by atoms with van der Waals surface area (Å²) in [4.78, 5) is 19.6. The smallest absolute Gasteiger partial charge is 0.258 e. The van der Waals surface area contributed by atoms with E-state index in [4.69, 9.17) is 9.47 Å². The van der Waals surface area contributed by atoms with Crippen LogP contribution in [0.15, 0.2) is 54.7 Å². The molecule has 1 aliphatic rings. The van der Waals surface area contributed by atoms with Gasteiger partial charge in [-0.15, -0.1) is 0 Å². The number of fused-ring (bicyclic) bond motifs is 1. The third-order valence-corrected chi connectivity index (χ3v) is 5.32. The highest BCUT2D eigenvalue weighted by Gasteiger charge is 2.27. The molecule has 0 atom stereocenters. The van der Waals surface area contributed by atoms with Crippen molar-refractivity contribution in [1.29, 1.82) is 0 Å². The quantitative estimate of drug-likeness (QED) is 0.638. The van der Waals surface area contributed by atoms with E-state index in [9.17, 15) is 4.79 Å². The zero-order chi connectivity index (χ0) is 20.2. The van der Waals surface area contributed by atoms with Gasteiger partial charge in [-0.2, -0.15) is 0 Å². The molecule has 1 aliphatic heterocycles. The average Bonchev–Trinajstić information content (AvgIpc) is 2.75. The van der Waals surface area contributed by atoms with Gasteiger partial charge in [0.1, 0.15) is 17.6 Å². The lowest BCUT2D eigenvalue weighted by Gasteiger charge is -2.32. The zero-order valence-electron chi connectivity index (χ0n) is 16.9. The molecule has 0 aliphatic carbocycles. The number of pyridine rings is 1. The first-order valence-electron chi connectivity index (χ1n) is 10.2. The third-order valence-electron chi connectivity index (χ3n) is 5.32. The Morgan fingerprint density at radius 1 is 1.10 bits per heavy atom. The van der Waals surface area contributed by atoms with E-state index in [0.717, 1.165) is 35.1 Å². The molecule has 150 valence electrons. The first kappa shape index (κ1) is 19.2. The number of piperidine rings is 1. The maximum atomic E-state index is 13.4. The van der Waals surface area contributed by atoms with Crippen LogP contribution in [0.5, 0.6) is 11.5 Å². The predicted molar refractivity (Wildman–Crippen MR) is 114 cm³/mol. The number of amides is 1. The zero-order valence-corrected chi connectivity index (χ0v) is 16.9. The predicted octanol–water partition coefficient (Wildman–Crippen LogP) is 4.63. The van der Waals surface area contributed by atoms with Crippen molar-refractivity contribution in [2.24, 2.45) is 0 Å². The van der Waals surface area contributed by atoms with E-state index in [1.165, 1.54) is 0 Å². The van der Waals surface area contributed by atoms with Crippen LogP contribution in [-0.2, 0) is 0 Å². The third kappa shape index (κ3) is 4.19. The Hall–Kier alpha value is -3.08. The number of carbonyl (C=O) groups excluding carboxylic acids is 1. The maximum Gasteiger partial charge on any atom is 0.258 e. The second-order valence-electron chi connectivity index (χ2n) is 7.34. The Morgan fingerprint density at radius 2 is 1.90 bits per heavy atom. The highest BCUT2D eigenvalue weighted by molar-refractivity contribution is 6.09. The summed E-state index contributed by atoms with van der Waals surface area (Å²) in [6.07, 6.45) is 3.46. The largest absolute Gasteiger partial charge is 0.493 e. The number of carbonyl (C=O) groups is 1. The van der Waals surface area contributed by atoms with Crippen LogP contribution >= 0.6 is 0 Å². The van der Waals surface area contributed by atoms with Crippen LogP contribution in [-0.4, -0.2) is 41.6 Å². The van der Waals surface area contributed by atoms with Gasteiger partial charge in [0, 0.05) is 31.6 Å². The van der Waals surface area contributed by atoms with Gasteiger partial charge in [0.15, 0.2) is 0 Å². The number of hydrogen-bond donors (Lipinski definition) is 0. The normalized spacial score (nSPS) is 14.8. The van der Waals surface area contributed by atoms with Gasteiger partial charge in [-0.1, -0.05) is 30.3 Å². The summed E-state index contributed by atoms with van der Waals surface area (Å²) in [7, 11) is 0. The number of nitrogens with zero attached hydrogens (tertiary/aromatic N) is 2. The lowest BCUT2D eigenvalue weighted by molar-refractivity contribution is 0.0593. The van der Waals surface area contributed by atoms with Crippen molar-refractivity contribution < 1.29 is 14.3 Å². The number of ether oxygens (including phenoxy) is 2. The molecule has 1 saturated heterocycles. The highest BCUT2D eigenvalue weighted by Crippen LogP contribution is 2.30. The SMILES string of the molecule is CCOc1ccc2ccccc2c1C(=O)N1CCC(Oc2ccc(C)nc2)CC1. The van der Waals surface area contributed by atoms with Gasteiger partial charge in [-0.3, -0.25) is 9.78 Å². The highest BCUT2D eigenvalue weighted by atomic mass is 16.5. The maximum absolute atomic E-state index is 13.4. The van der Waals surface area contributed by atoms with Crippen LogP contribution in [0.2, 0.25) is 0 Å². The molecule has 5 heteroatoms. The molecular formula is C24H26N2O3. The van der Waals surface area contributed by atoms with Gasteiger partial charge in [0.25, 0.3) is 5.91 Å². The Morgan fingerprint density at radius 3 is 2.62 bits per heavy atom. The molecule has 5 nitrogen and oxygen atoms in total. The minimum absolute atomic E-state index is 0.0284. The Balaban J connectivity index is 1.49. The fourth-order valence-corrected chi connectivity index (χ4v) is 3.80. The second kappa shape index (κ2) is 8.52. The summed E-state index contributed by atoms with van der Waals surface area (Å²) in [6, 6.07) is 15.8. The van der Waals surface area contributed by atoms with Crippen LogP contribution in [0, 0.1) is 6.92 Å². The van der Waals surface area contributed by atoms with E-state index in [-0.39, 0.29) is 12.0 Å². The lowest BCUT2D eigenvalue weighted by atomic mass is 10.0. The van der Waals surface area contributed by atoms with Crippen LogP contribution in [0.4, 0.5) is 0 Å². The monoisotopic (exact) mass is 390 g/mol. The molecule has 4 rings (SSSR count). The Bertz CT molecular complexity index is 993. The molecule has 2 heterocycles. The standard InChI is InChI=1S/C24H26N2O3/c1-3-28-22-11-9-18-6-4-5-7-21(18)23(22)24(27)26-14-12-19(13-15-26)29-20-10-8-17(2)25-16-20/h4-11,16,19H,3,12-15H2,1-2H3. The van der Waals surface area contributed by atoms with Crippen molar-refractivity contribution in [2.75, 3.05) is 19.7 Å². The van der Waals surface area contributed by atoms with Crippen LogP contribution < -0.4 is 9.47 Å². The Labute approximate surface area is 171 Å². The molecule has 0 unspecified atom stereocenters. The first-order chi connectivity index (χ1) is 14.2. The molecular weight excluding hydrogens is 364 g/mol. The fourth-order valence-electron chi connectivity index (χ4n) is 3.80. The average molecular weight is 390 g/mol. The molecule has 0 bridgehead atoms. The van der Waals surface area contributed by atoms with E-state index >= 15 is 0 Å². The first-order valence-corrected chi connectivity index (χ1v) is 10.2. The van der Waals surface area contributed by atoms with Gasteiger partial charge in [0.2, 0.25) is 0 Å². The van der Waals surface area contributed by atoms with E-state index < -0.39 is 0 Å². The number of aromatic nitrogens is 1. The van der Waals surface area contributed by atoms with Crippen molar-refractivity contribution >= 4 is 16.7 Å². The minimum Gasteiger partial charge on any atom is -0.493 e. The summed E-state index contributed by atoms with van der Waals surface area (Å²) in [6.45, 7) is 5.75. The van der Waals surface area contributed by atoms with Crippen molar-refractivity contribution in [1.82, 2.24) is 9.88 Å². The molecule has 1 fully saturated rings. The van der Waals surface area contributed by atoms with E-state index in [2.05, 4.69) is 4.98 Å². The van der Waals surface area contributed by atoms with Gasteiger partial charge in [-0.25, -0.2) is 0 Å². The number of rotatable bonds is 5. The van der Waals surface area contributed by atoms with Crippen LogP contribution in [0.25, 0.3) is 10.8 Å². The van der Waals surface area contributed by atoms with Crippen molar-refractivity contribution in [3.63, 3.8) is 0 Å².